The van der Waals surface area contributed by atoms with E-state index in [0.29, 0.717) is 11.5 Å². The summed E-state index contributed by atoms with van der Waals surface area (Å²) in [7, 11) is 0. The fourth-order valence-corrected chi connectivity index (χ4v) is 2.38. The summed E-state index contributed by atoms with van der Waals surface area (Å²) >= 11 is 0. The number of hydrogen-bond acceptors (Lipinski definition) is 1. The minimum atomic E-state index is -0.00972. The first-order chi connectivity index (χ1) is 10.1. The second-order valence-electron chi connectivity index (χ2n) is 5.93. The molecule has 2 aromatic rings. The highest BCUT2D eigenvalue weighted by Gasteiger charge is 2.16. The monoisotopic (exact) mass is 281 g/mol. The van der Waals surface area contributed by atoms with Gasteiger partial charge in [-0.15, -0.1) is 0 Å². The van der Waals surface area contributed by atoms with Gasteiger partial charge in [-0.05, 0) is 37.0 Å². The maximum atomic E-state index is 12.4. The average Bonchev–Trinajstić information content (AvgIpc) is 2.47. The predicted molar refractivity (Wildman–Crippen MR) is 87.3 cm³/mol. The van der Waals surface area contributed by atoms with E-state index in [2.05, 4.69) is 31.3 Å². The summed E-state index contributed by atoms with van der Waals surface area (Å²) in [6.07, 6.45) is 0.932. The van der Waals surface area contributed by atoms with E-state index in [1.807, 2.05) is 49.4 Å². The lowest BCUT2D eigenvalue weighted by atomic mass is 9.96. The Kier molecular flexibility index (Phi) is 5.15. The predicted octanol–water partition coefficient (Wildman–Crippen LogP) is 4.51. The van der Waals surface area contributed by atoms with Gasteiger partial charge in [-0.2, -0.15) is 0 Å². The molecule has 0 aromatic heterocycles. The summed E-state index contributed by atoms with van der Waals surface area (Å²) in [6, 6.07) is 17.9. The van der Waals surface area contributed by atoms with Crippen molar-refractivity contribution in [3.8, 4) is 0 Å². The van der Waals surface area contributed by atoms with Gasteiger partial charge in [-0.3, -0.25) is 4.79 Å². The maximum absolute atomic E-state index is 12.4. The molecule has 2 aromatic carbocycles. The van der Waals surface area contributed by atoms with Gasteiger partial charge in [0.1, 0.15) is 0 Å². The van der Waals surface area contributed by atoms with Crippen LogP contribution in [-0.4, -0.2) is 5.91 Å². The second-order valence-corrected chi connectivity index (χ2v) is 5.93. The molecule has 0 bridgehead atoms. The zero-order valence-electron chi connectivity index (χ0n) is 13.0. The highest BCUT2D eigenvalue weighted by atomic mass is 16.1. The number of carbonyl (C=O) groups is 1. The first kappa shape index (κ1) is 15.3. The molecule has 2 heteroatoms. The van der Waals surface area contributed by atoms with Gasteiger partial charge in [0.15, 0.2) is 0 Å². The van der Waals surface area contributed by atoms with Crippen molar-refractivity contribution >= 4 is 5.91 Å². The Morgan fingerprint density at radius 3 is 2.19 bits per heavy atom. The van der Waals surface area contributed by atoms with E-state index in [4.69, 9.17) is 0 Å². The molecule has 0 spiro atoms. The molecule has 0 aliphatic rings. The van der Waals surface area contributed by atoms with Gasteiger partial charge in [0, 0.05) is 5.56 Å². The number of amides is 1. The topological polar surface area (TPSA) is 29.1 Å². The summed E-state index contributed by atoms with van der Waals surface area (Å²) in [5, 5.41) is 3.16. The van der Waals surface area contributed by atoms with Gasteiger partial charge in [0.25, 0.3) is 5.91 Å². The quantitative estimate of drug-likeness (QED) is 0.858. The van der Waals surface area contributed by atoms with E-state index in [1.54, 1.807) is 0 Å². The number of rotatable bonds is 5. The van der Waals surface area contributed by atoms with Crippen molar-refractivity contribution in [2.45, 2.75) is 33.2 Å². The Bertz CT molecular complexity index is 572. The highest BCUT2D eigenvalue weighted by molar-refractivity contribution is 5.94. The van der Waals surface area contributed by atoms with Gasteiger partial charge in [-0.25, -0.2) is 0 Å². The van der Waals surface area contributed by atoms with E-state index in [1.165, 1.54) is 0 Å². The van der Waals surface area contributed by atoms with Crippen LogP contribution in [0.1, 0.15) is 47.8 Å². The Labute approximate surface area is 127 Å². The van der Waals surface area contributed by atoms with Crippen LogP contribution >= 0.6 is 0 Å². The SMILES string of the molecule is Cc1ccc(C(=O)N[C@@H](CC(C)C)c2ccccc2)cc1. The molecule has 0 heterocycles. The molecule has 1 atom stereocenters. The van der Waals surface area contributed by atoms with Crippen LogP contribution in [0.15, 0.2) is 54.6 Å². The number of nitrogens with one attached hydrogen (secondary N) is 1. The fourth-order valence-electron chi connectivity index (χ4n) is 2.38. The molecule has 1 amide bonds. The summed E-state index contributed by atoms with van der Waals surface area (Å²) in [5.41, 5.74) is 3.03. The number of carbonyl (C=O) groups excluding carboxylic acids is 1. The van der Waals surface area contributed by atoms with Gasteiger partial charge < -0.3 is 5.32 Å². The Morgan fingerprint density at radius 2 is 1.62 bits per heavy atom. The van der Waals surface area contributed by atoms with Gasteiger partial charge in [0.2, 0.25) is 0 Å². The molecule has 0 aliphatic carbocycles. The van der Waals surface area contributed by atoms with Crippen molar-refractivity contribution in [1.29, 1.82) is 0 Å². The van der Waals surface area contributed by atoms with Crippen molar-refractivity contribution in [3.63, 3.8) is 0 Å². The van der Waals surface area contributed by atoms with Crippen molar-refractivity contribution < 1.29 is 4.79 Å². The van der Waals surface area contributed by atoms with Crippen LogP contribution in [0.25, 0.3) is 0 Å². The largest absolute Gasteiger partial charge is 0.345 e. The molecule has 0 radical (unpaired) electrons. The molecule has 0 saturated heterocycles. The van der Waals surface area contributed by atoms with Crippen LogP contribution in [0.2, 0.25) is 0 Å². The summed E-state index contributed by atoms with van der Waals surface area (Å²) < 4.78 is 0. The summed E-state index contributed by atoms with van der Waals surface area (Å²) in [6.45, 7) is 6.37. The molecular formula is C19H23NO. The van der Waals surface area contributed by atoms with E-state index in [9.17, 15) is 4.79 Å². The van der Waals surface area contributed by atoms with Crippen molar-refractivity contribution in [2.24, 2.45) is 5.92 Å². The number of aryl methyl sites for hydroxylation is 1. The van der Waals surface area contributed by atoms with Crippen molar-refractivity contribution in [1.82, 2.24) is 5.32 Å². The zero-order chi connectivity index (χ0) is 15.2. The molecule has 2 rings (SSSR count). The number of benzene rings is 2. The van der Waals surface area contributed by atoms with Crippen molar-refractivity contribution in [2.75, 3.05) is 0 Å². The Balaban J connectivity index is 2.15. The highest BCUT2D eigenvalue weighted by Crippen LogP contribution is 2.21. The third-order valence-electron chi connectivity index (χ3n) is 3.53. The maximum Gasteiger partial charge on any atom is 0.251 e. The molecule has 110 valence electrons. The molecule has 21 heavy (non-hydrogen) atoms. The Morgan fingerprint density at radius 1 is 1.00 bits per heavy atom. The van der Waals surface area contributed by atoms with Crippen LogP contribution < -0.4 is 5.32 Å². The molecule has 0 aliphatic heterocycles. The number of hydrogen-bond donors (Lipinski definition) is 1. The molecule has 1 N–H and O–H groups in total. The molecule has 0 fully saturated rings. The summed E-state index contributed by atoms with van der Waals surface area (Å²) in [5.74, 6) is 0.512. The third kappa shape index (κ3) is 4.45. The average molecular weight is 281 g/mol. The fraction of sp³-hybridized carbons (Fsp3) is 0.316. The van der Waals surface area contributed by atoms with E-state index >= 15 is 0 Å². The van der Waals surface area contributed by atoms with E-state index < -0.39 is 0 Å². The minimum Gasteiger partial charge on any atom is -0.345 e. The zero-order valence-corrected chi connectivity index (χ0v) is 13.0. The van der Waals surface area contributed by atoms with Crippen LogP contribution in [0, 0.1) is 12.8 Å². The van der Waals surface area contributed by atoms with Crippen LogP contribution in [-0.2, 0) is 0 Å². The summed E-state index contributed by atoms with van der Waals surface area (Å²) in [4.78, 5) is 12.4. The first-order valence-electron chi connectivity index (χ1n) is 7.48. The minimum absolute atomic E-state index is 0.00972. The Hall–Kier alpha value is -2.09. The molecule has 2 nitrogen and oxygen atoms in total. The van der Waals surface area contributed by atoms with E-state index in [-0.39, 0.29) is 11.9 Å². The first-order valence-corrected chi connectivity index (χ1v) is 7.48. The molecule has 0 saturated carbocycles. The van der Waals surface area contributed by atoms with Crippen LogP contribution in [0.4, 0.5) is 0 Å². The molecule has 0 unspecified atom stereocenters. The second kappa shape index (κ2) is 7.07. The standard InChI is InChI=1S/C19H23NO/c1-14(2)13-18(16-7-5-4-6-8-16)20-19(21)17-11-9-15(3)10-12-17/h4-12,14,18H,13H2,1-3H3,(H,20,21)/t18-/m0/s1. The smallest absolute Gasteiger partial charge is 0.251 e. The van der Waals surface area contributed by atoms with Gasteiger partial charge in [0.05, 0.1) is 6.04 Å². The van der Waals surface area contributed by atoms with Gasteiger partial charge in [-0.1, -0.05) is 61.9 Å². The molecular weight excluding hydrogens is 258 g/mol. The van der Waals surface area contributed by atoms with Crippen LogP contribution in [0.3, 0.4) is 0 Å². The van der Waals surface area contributed by atoms with Gasteiger partial charge >= 0.3 is 0 Å². The lowest BCUT2D eigenvalue weighted by molar-refractivity contribution is 0.0932. The third-order valence-corrected chi connectivity index (χ3v) is 3.53. The lowest BCUT2D eigenvalue weighted by Gasteiger charge is -2.21. The van der Waals surface area contributed by atoms with Crippen LogP contribution in [0.5, 0.6) is 0 Å². The lowest BCUT2D eigenvalue weighted by Crippen LogP contribution is -2.29. The van der Waals surface area contributed by atoms with E-state index in [0.717, 1.165) is 17.5 Å². The van der Waals surface area contributed by atoms with Crippen molar-refractivity contribution in [3.05, 3.63) is 71.3 Å². The normalized spacial score (nSPS) is 12.2.